The monoisotopic (exact) mass is 186 g/mol. The minimum atomic E-state index is 0.277. The second-order valence-corrected chi connectivity index (χ2v) is 3.10. The van der Waals surface area contributed by atoms with Crippen molar-refractivity contribution >= 4 is 24.4 Å². The lowest BCUT2D eigenvalue weighted by Crippen LogP contribution is -2.28. The Hall–Kier alpha value is -0.710. The first-order valence-corrected chi connectivity index (χ1v) is 4.64. The number of nitrogens with two attached hydrogens (primary N) is 1. The summed E-state index contributed by atoms with van der Waals surface area (Å²) < 4.78 is 0. The fourth-order valence-electron chi connectivity index (χ4n) is 1.17. The highest BCUT2D eigenvalue weighted by Gasteiger charge is 2.13. The number of hydrogen-bond donors (Lipinski definition) is 3. The molecule has 3 N–H and O–H groups in total. The summed E-state index contributed by atoms with van der Waals surface area (Å²) in [5, 5.41) is 7.54. The van der Waals surface area contributed by atoms with Crippen LogP contribution in [0.4, 0.5) is 0 Å². The zero-order valence-electron chi connectivity index (χ0n) is 6.95. The molecule has 1 rings (SSSR count). The third-order valence-electron chi connectivity index (χ3n) is 1.82. The Balaban J connectivity index is 2.46. The van der Waals surface area contributed by atoms with Crippen molar-refractivity contribution in [2.24, 2.45) is 10.7 Å². The first kappa shape index (κ1) is 9.38. The maximum absolute atomic E-state index is 7.54. The Morgan fingerprint density at radius 1 is 1.50 bits per heavy atom. The molecule has 0 bridgehead atoms. The summed E-state index contributed by atoms with van der Waals surface area (Å²) in [6.45, 7) is 1.87. The average Bonchev–Trinajstić information content (AvgIpc) is 2.56. The summed E-state index contributed by atoms with van der Waals surface area (Å²) in [6, 6.07) is 0. The third-order valence-corrected chi connectivity index (χ3v) is 2.14. The molecule has 4 nitrogen and oxygen atoms in total. The predicted octanol–water partition coefficient (Wildman–Crippen LogP) is 0.304. The minimum absolute atomic E-state index is 0.277. The van der Waals surface area contributed by atoms with E-state index in [-0.39, 0.29) is 5.96 Å². The molecule has 12 heavy (non-hydrogen) atoms. The van der Waals surface area contributed by atoms with E-state index in [4.69, 9.17) is 11.1 Å². The van der Waals surface area contributed by atoms with Gasteiger partial charge in [-0.05, 0) is 12.8 Å². The zero-order chi connectivity index (χ0) is 8.97. The predicted molar refractivity (Wildman–Crippen MR) is 54.0 cm³/mol. The highest BCUT2D eigenvalue weighted by atomic mass is 32.1. The average molecular weight is 186 g/mol. The second kappa shape index (κ2) is 4.35. The molecule has 68 valence electrons. The van der Waals surface area contributed by atoms with Gasteiger partial charge in [0.2, 0.25) is 5.96 Å². The number of nitrogens with zero attached hydrogens (tertiary/aromatic N) is 2. The highest BCUT2D eigenvalue weighted by Crippen LogP contribution is 2.07. The van der Waals surface area contributed by atoms with Crippen molar-refractivity contribution in [3.05, 3.63) is 0 Å². The number of aliphatic imine (C=N–C) groups is 1. The second-order valence-electron chi connectivity index (χ2n) is 2.78. The molecule has 1 heterocycles. The van der Waals surface area contributed by atoms with Gasteiger partial charge < -0.3 is 10.6 Å². The fraction of sp³-hybridized carbons (Fsp3) is 0.714. The summed E-state index contributed by atoms with van der Waals surface area (Å²) in [5.74, 6) is 1.10. The van der Waals surface area contributed by atoms with E-state index < -0.39 is 0 Å². The number of rotatable bonds is 1. The van der Waals surface area contributed by atoms with Crippen LogP contribution in [0.5, 0.6) is 0 Å². The summed E-state index contributed by atoms with van der Waals surface area (Å²) in [5.41, 5.74) is 5.45. The lowest BCUT2D eigenvalue weighted by atomic mass is 10.4. The topological polar surface area (TPSA) is 65.5 Å². The summed E-state index contributed by atoms with van der Waals surface area (Å²) in [6.07, 6.45) is 2.30. The minimum Gasteiger partial charge on any atom is -0.386 e. The quantitative estimate of drug-likeness (QED) is 0.313. The standard InChI is InChI=1S/C7H14N4S/c8-6(5-12)10-7(9)11-3-1-2-4-11/h12H,1-5H2,(H3,8,9,10). The van der Waals surface area contributed by atoms with Crippen molar-refractivity contribution in [2.45, 2.75) is 12.8 Å². The molecular weight excluding hydrogens is 172 g/mol. The van der Waals surface area contributed by atoms with Crippen LogP contribution in [0.15, 0.2) is 4.99 Å². The number of hydrogen-bond acceptors (Lipinski definition) is 2. The molecule has 0 radical (unpaired) electrons. The van der Waals surface area contributed by atoms with Crippen LogP contribution >= 0.6 is 12.6 Å². The summed E-state index contributed by atoms with van der Waals surface area (Å²) in [4.78, 5) is 5.83. The maximum Gasteiger partial charge on any atom is 0.219 e. The van der Waals surface area contributed by atoms with Gasteiger partial charge in [-0.3, -0.25) is 5.41 Å². The molecule has 0 aromatic carbocycles. The van der Waals surface area contributed by atoms with Crippen LogP contribution in [0.1, 0.15) is 12.8 Å². The normalized spacial score (nSPS) is 18.4. The number of guanidine groups is 1. The highest BCUT2D eigenvalue weighted by molar-refractivity contribution is 7.81. The van der Waals surface area contributed by atoms with Crippen LogP contribution in [0.3, 0.4) is 0 Å². The Morgan fingerprint density at radius 3 is 2.58 bits per heavy atom. The van der Waals surface area contributed by atoms with Crippen molar-refractivity contribution < 1.29 is 0 Å². The Morgan fingerprint density at radius 2 is 2.08 bits per heavy atom. The summed E-state index contributed by atoms with van der Waals surface area (Å²) >= 11 is 3.96. The molecule has 5 heteroatoms. The third kappa shape index (κ3) is 2.41. The van der Waals surface area contributed by atoms with Gasteiger partial charge >= 0.3 is 0 Å². The van der Waals surface area contributed by atoms with Gasteiger partial charge in [0, 0.05) is 18.8 Å². The molecule has 0 aliphatic carbocycles. The molecule has 0 aromatic rings. The van der Waals surface area contributed by atoms with Crippen LogP contribution < -0.4 is 5.73 Å². The van der Waals surface area contributed by atoms with E-state index in [9.17, 15) is 0 Å². The van der Waals surface area contributed by atoms with Gasteiger partial charge in [0.25, 0.3) is 0 Å². The van der Waals surface area contributed by atoms with Gasteiger partial charge in [-0.2, -0.15) is 12.6 Å². The molecule has 1 aliphatic heterocycles. The molecule has 0 atom stereocenters. The smallest absolute Gasteiger partial charge is 0.219 e. The van der Waals surface area contributed by atoms with Crippen molar-refractivity contribution in [2.75, 3.05) is 18.8 Å². The molecule has 1 saturated heterocycles. The van der Waals surface area contributed by atoms with E-state index in [1.807, 2.05) is 4.90 Å². The van der Waals surface area contributed by atoms with Crippen LogP contribution in [0.2, 0.25) is 0 Å². The van der Waals surface area contributed by atoms with Gasteiger partial charge in [0.15, 0.2) is 0 Å². The Kier molecular flexibility index (Phi) is 3.40. The van der Waals surface area contributed by atoms with Crippen LogP contribution in [-0.2, 0) is 0 Å². The van der Waals surface area contributed by atoms with E-state index in [2.05, 4.69) is 17.6 Å². The van der Waals surface area contributed by atoms with Crippen LogP contribution in [0, 0.1) is 5.41 Å². The van der Waals surface area contributed by atoms with Crippen molar-refractivity contribution in [3.63, 3.8) is 0 Å². The molecule has 1 aliphatic rings. The number of likely N-dealkylation sites (tertiary alicyclic amines) is 1. The first-order valence-electron chi connectivity index (χ1n) is 4.01. The molecule has 0 spiro atoms. The summed E-state index contributed by atoms with van der Waals surface area (Å²) in [7, 11) is 0. The Bertz CT molecular complexity index is 196. The van der Waals surface area contributed by atoms with Gasteiger partial charge in [-0.25, -0.2) is 4.99 Å². The van der Waals surface area contributed by atoms with E-state index in [0.29, 0.717) is 11.6 Å². The molecular formula is C7H14N4S. The number of nitrogens with one attached hydrogen (secondary N) is 1. The molecule has 0 saturated carbocycles. The van der Waals surface area contributed by atoms with E-state index in [1.54, 1.807) is 0 Å². The lowest BCUT2D eigenvalue weighted by Gasteiger charge is -2.14. The van der Waals surface area contributed by atoms with Gasteiger partial charge in [0.1, 0.15) is 5.84 Å². The van der Waals surface area contributed by atoms with E-state index in [0.717, 1.165) is 25.9 Å². The van der Waals surface area contributed by atoms with E-state index >= 15 is 0 Å². The zero-order valence-corrected chi connectivity index (χ0v) is 7.85. The SMILES string of the molecule is N=C(/N=C(\N)CS)N1CCCC1. The Labute approximate surface area is 77.8 Å². The maximum atomic E-state index is 7.54. The number of thiol groups is 1. The van der Waals surface area contributed by atoms with Crippen LogP contribution in [-0.4, -0.2) is 35.5 Å². The first-order chi connectivity index (χ1) is 5.74. The van der Waals surface area contributed by atoms with Crippen LogP contribution in [0.25, 0.3) is 0 Å². The lowest BCUT2D eigenvalue weighted by molar-refractivity contribution is 0.510. The van der Waals surface area contributed by atoms with Crippen molar-refractivity contribution in [1.82, 2.24) is 4.90 Å². The van der Waals surface area contributed by atoms with Gasteiger partial charge in [-0.15, -0.1) is 0 Å². The molecule has 0 unspecified atom stereocenters. The number of amidine groups is 1. The molecule has 0 amide bonds. The van der Waals surface area contributed by atoms with Gasteiger partial charge in [0.05, 0.1) is 0 Å². The molecule has 1 fully saturated rings. The largest absolute Gasteiger partial charge is 0.386 e. The van der Waals surface area contributed by atoms with Crippen molar-refractivity contribution in [3.8, 4) is 0 Å². The fourth-order valence-corrected chi connectivity index (χ4v) is 1.24. The van der Waals surface area contributed by atoms with Gasteiger partial charge in [-0.1, -0.05) is 0 Å². The molecule has 0 aromatic heterocycles. The van der Waals surface area contributed by atoms with E-state index in [1.165, 1.54) is 0 Å². The van der Waals surface area contributed by atoms with Crippen molar-refractivity contribution in [1.29, 1.82) is 5.41 Å².